The van der Waals surface area contributed by atoms with Crippen LogP contribution in [0.5, 0.6) is 0 Å². The molecule has 0 aliphatic carbocycles. The third kappa shape index (κ3) is 3.07. The van der Waals surface area contributed by atoms with Gasteiger partial charge in [0.15, 0.2) is 0 Å². The van der Waals surface area contributed by atoms with Gasteiger partial charge in [-0.1, -0.05) is 30.7 Å². The Hall–Kier alpha value is -1.54. The predicted octanol–water partition coefficient (Wildman–Crippen LogP) is 3.96. The lowest BCUT2D eigenvalue weighted by Crippen LogP contribution is -2.20. The highest BCUT2D eigenvalue weighted by molar-refractivity contribution is 5.33. The molecule has 2 heteroatoms. The zero-order chi connectivity index (χ0) is 13.8. The van der Waals surface area contributed by atoms with Gasteiger partial charge in [-0.3, -0.25) is 0 Å². The van der Waals surface area contributed by atoms with Crippen molar-refractivity contribution in [3.05, 3.63) is 58.5 Å². The van der Waals surface area contributed by atoms with Gasteiger partial charge in [0.05, 0.1) is 6.26 Å². The van der Waals surface area contributed by atoms with Crippen LogP contribution in [0.1, 0.15) is 41.0 Å². The van der Waals surface area contributed by atoms with Crippen molar-refractivity contribution in [3.63, 3.8) is 0 Å². The normalized spacial score (nSPS) is 12.6. The minimum absolute atomic E-state index is 0.314. The van der Waals surface area contributed by atoms with Crippen LogP contribution < -0.4 is 5.32 Å². The summed E-state index contributed by atoms with van der Waals surface area (Å²) in [5.74, 6) is 1.09. The Kier molecular flexibility index (Phi) is 4.43. The van der Waals surface area contributed by atoms with Crippen molar-refractivity contribution in [2.45, 2.75) is 39.7 Å². The maximum Gasteiger partial charge on any atom is 0.108 e. The molecule has 0 amide bonds. The Labute approximate surface area is 115 Å². The van der Waals surface area contributed by atoms with Gasteiger partial charge in [0.1, 0.15) is 5.76 Å². The van der Waals surface area contributed by atoms with Gasteiger partial charge < -0.3 is 9.73 Å². The Balaban J connectivity index is 2.26. The Morgan fingerprint density at radius 2 is 2.00 bits per heavy atom. The fraction of sp³-hybridized carbons (Fsp3) is 0.412. The van der Waals surface area contributed by atoms with E-state index in [4.69, 9.17) is 4.42 Å². The third-order valence-corrected chi connectivity index (χ3v) is 3.75. The van der Waals surface area contributed by atoms with Gasteiger partial charge in [-0.2, -0.15) is 0 Å². The third-order valence-electron chi connectivity index (χ3n) is 3.75. The molecule has 1 unspecified atom stereocenters. The van der Waals surface area contributed by atoms with Crippen LogP contribution >= 0.6 is 0 Å². The van der Waals surface area contributed by atoms with E-state index in [2.05, 4.69) is 50.4 Å². The molecule has 1 aromatic heterocycles. The number of benzene rings is 1. The topological polar surface area (TPSA) is 25.2 Å². The van der Waals surface area contributed by atoms with Crippen LogP contribution in [0.25, 0.3) is 0 Å². The largest absolute Gasteiger partial charge is 0.469 e. The number of hydrogen-bond donors (Lipinski definition) is 1. The van der Waals surface area contributed by atoms with Gasteiger partial charge in [-0.05, 0) is 44.5 Å². The molecule has 0 aliphatic heterocycles. The SMILES string of the molecule is CCc1occc1C(Cc1cc(C)ccc1C)NC. The predicted molar refractivity (Wildman–Crippen MR) is 79.5 cm³/mol. The van der Waals surface area contributed by atoms with Crippen LogP contribution in [0.2, 0.25) is 0 Å². The summed E-state index contributed by atoms with van der Waals surface area (Å²) in [6, 6.07) is 9.06. The summed E-state index contributed by atoms with van der Waals surface area (Å²) in [5.41, 5.74) is 5.36. The number of rotatable bonds is 5. The van der Waals surface area contributed by atoms with Crippen molar-refractivity contribution in [3.8, 4) is 0 Å². The summed E-state index contributed by atoms with van der Waals surface area (Å²) in [6.45, 7) is 6.46. The van der Waals surface area contributed by atoms with Gasteiger partial charge in [0, 0.05) is 18.0 Å². The number of furan rings is 1. The first-order chi connectivity index (χ1) is 9.15. The Morgan fingerprint density at radius 1 is 1.21 bits per heavy atom. The van der Waals surface area contributed by atoms with Crippen LogP contribution in [0.4, 0.5) is 0 Å². The van der Waals surface area contributed by atoms with Crippen molar-refractivity contribution in [2.24, 2.45) is 0 Å². The lowest BCUT2D eigenvalue weighted by atomic mass is 9.95. The lowest BCUT2D eigenvalue weighted by Gasteiger charge is -2.18. The minimum atomic E-state index is 0.314. The van der Waals surface area contributed by atoms with Crippen molar-refractivity contribution in [1.29, 1.82) is 0 Å². The molecule has 0 bridgehead atoms. The molecule has 0 fully saturated rings. The second kappa shape index (κ2) is 6.07. The number of likely N-dealkylation sites (N-methyl/N-ethyl adjacent to an activating group) is 1. The van der Waals surface area contributed by atoms with E-state index in [0.29, 0.717) is 6.04 Å². The van der Waals surface area contributed by atoms with E-state index in [9.17, 15) is 0 Å². The van der Waals surface area contributed by atoms with Crippen molar-refractivity contribution in [2.75, 3.05) is 7.05 Å². The summed E-state index contributed by atoms with van der Waals surface area (Å²) in [5, 5.41) is 3.41. The first-order valence-corrected chi connectivity index (χ1v) is 6.95. The molecule has 102 valence electrons. The zero-order valence-corrected chi connectivity index (χ0v) is 12.3. The Bertz CT molecular complexity index is 542. The summed E-state index contributed by atoms with van der Waals surface area (Å²) in [6.07, 6.45) is 3.73. The van der Waals surface area contributed by atoms with Gasteiger partial charge >= 0.3 is 0 Å². The quantitative estimate of drug-likeness (QED) is 0.877. The summed E-state index contributed by atoms with van der Waals surface area (Å²) >= 11 is 0. The molecule has 2 nitrogen and oxygen atoms in total. The van der Waals surface area contributed by atoms with Crippen molar-refractivity contribution < 1.29 is 4.42 Å². The highest BCUT2D eigenvalue weighted by atomic mass is 16.3. The monoisotopic (exact) mass is 257 g/mol. The highest BCUT2D eigenvalue weighted by Gasteiger charge is 2.16. The minimum Gasteiger partial charge on any atom is -0.469 e. The zero-order valence-electron chi connectivity index (χ0n) is 12.3. The molecular weight excluding hydrogens is 234 g/mol. The van der Waals surface area contributed by atoms with Gasteiger partial charge in [-0.25, -0.2) is 0 Å². The molecule has 1 N–H and O–H groups in total. The van der Waals surface area contributed by atoms with Gasteiger partial charge in [-0.15, -0.1) is 0 Å². The van der Waals surface area contributed by atoms with Gasteiger partial charge in [0.2, 0.25) is 0 Å². The Morgan fingerprint density at radius 3 is 2.68 bits per heavy atom. The van der Waals surface area contributed by atoms with Crippen LogP contribution in [0, 0.1) is 13.8 Å². The number of nitrogens with one attached hydrogen (secondary N) is 1. The maximum absolute atomic E-state index is 5.55. The summed E-state index contributed by atoms with van der Waals surface area (Å²) in [7, 11) is 2.02. The molecule has 2 aromatic rings. The molecule has 0 aliphatic rings. The molecule has 1 atom stereocenters. The first-order valence-electron chi connectivity index (χ1n) is 6.95. The van der Waals surface area contributed by atoms with E-state index in [1.165, 1.54) is 22.3 Å². The van der Waals surface area contributed by atoms with E-state index in [1.54, 1.807) is 6.26 Å². The van der Waals surface area contributed by atoms with Crippen LogP contribution in [-0.2, 0) is 12.8 Å². The van der Waals surface area contributed by atoms with Crippen molar-refractivity contribution in [1.82, 2.24) is 5.32 Å². The lowest BCUT2D eigenvalue weighted by molar-refractivity contribution is 0.495. The van der Waals surface area contributed by atoms with E-state index < -0.39 is 0 Å². The second-order valence-electron chi connectivity index (χ2n) is 5.13. The maximum atomic E-state index is 5.55. The number of aryl methyl sites for hydroxylation is 3. The molecule has 2 rings (SSSR count). The fourth-order valence-corrected chi connectivity index (χ4v) is 2.56. The smallest absolute Gasteiger partial charge is 0.108 e. The van der Waals surface area contributed by atoms with Crippen LogP contribution in [0.15, 0.2) is 34.9 Å². The number of hydrogen-bond acceptors (Lipinski definition) is 2. The van der Waals surface area contributed by atoms with E-state index in [-0.39, 0.29) is 0 Å². The highest BCUT2D eigenvalue weighted by Crippen LogP contribution is 2.25. The average Bonchev–Trinajstić information content (AvgIpc) is 2.88. The summed E-state index contributed by atoms with van der Waals surface area (Å²) < 4.78 is 5.55. The van der Waals surface area contributed by atoms with E-state index in [1.807, 2.05) is 7.05 Å². The molecule has 0 spiro atoms. The van der Waals surface area contributed by atoms with Crippen LogP contribution in [0.3, 0.4) is 0 Å². The van der Waals surface area contributed by atoms with E-state index >= 15 is 0 Å². The first kappa shape index (κ1) is 13.9. The van der Waals surface area contributed by atoms with Gasteiger partial charge in [0.25, 0.3) is 0 Å². The molecular formula is C17H23NO. The second-order valence-corrected chi connectivity index (χ2v) is 5.13. The van der Waals surface area contributed by atoms with E-state index in [0.717, 1.165) is 18.6 Å². The molecule has 0 radical (unpaired) electrons. The molecule has 1 heterocycles. The molecule has 0 saturated carbocycles. The standard InChI is InChI=1S/C17H23NO/c1-5-17-15(8-9-19-17)16(18-4)11-14-10-12(2)6-7-13(14)3/h6-10,16,18H,5,11H2,1-4H3. The molecule has 1 aromatic carbocycles. The average molecular weight is 257 g/mol. The van der Waals surface area contributed by atoms with Crippen LogP contribution in [-0.4, -0.2) is 7.05 Å². The van der Waals surface area contributed by atoms with Crippen molar-refractivity contribution >= 4 is 0 Å². The molecule has 0 saturated heterocycles. The summed E-state index contributed by atoms with van der Waals surface area (Å²) in [4.78, 5) is 0. The molecule has 19 heavy (non-hydrogen) atoms. The fourth-order valence-electron chi connectivity index (χ4n) is 2.56.